The molecular weight excluding hydrogens is 230 g/mol. The molecule has 2 fully saturated rings. The van der Waals surface area contributed by atoms with Gasteiger partial charge in [0, 0.05) is 19.6 Å². The second-order valence-electron chi connectivity index (χ2n) is 5.34. The fourth-order valence-corrected chi connectivity index (χ4v) is 2.36. The molecule has 2 aliphatic rings. The van der Waals surface area contributed by atoms with Gasteiger partial charge in [-0.15, -0.1) is 0 Å². The van der Waals surface area contributed by atoms with E-state index in [9.17, 15) is 9.59 Å². The summed E-state index contributed by atoms with van der Waals surface area (Å²) in [7, 11) is 0. The Morgan fingerprint density at radius 2 is 2.28 bits per heavy atom. The summed E-state index contributed by atoms with van der Waals surface area (Å²) in [5.74, 6) is 0.854. The largest absolute Gasteiger partial charge is 0.353 e. The summed E-state index contributed by atoms with van der Waals surface area (Å²) in [6.45, 7) is 6.08. The second-order valence-corrected chi connectivity index (χ2v) is 5.34. The lowest BCUT2D eigenvalue weighted by Gasteiger charge is -2.29. The third kappa shape index (κ3) is 3.98. The van der Waals surface area contributed by atoms with Crippen molar-refractivity contribution in [3.05, 3.63) is 0 Å². The van der Waals surface area contributed by atoms with E-state index >= 15 is 0 Å². The van der Waals surface area contributed by atoms with Crippen LogP contribution in [0.15, 0.2) is 0 Å². The van der Waals surface area contributed by atoms with Gasteiger partial charge in [0.15, 0.2) is 0 Å². The summed E-state index contributed by atoms with van der Waals surface area (Å²) >= 11 is 0. The quantitative estimate of drug-likeness (QED) is 0.728. The fourth-order valence-electron chi connectivity index (χ4n) is 2.36. The summed E-state index contributed by atoms with van der Waals surface area (Å²) in [6, 6.07) is 0. The number of nitrogens with zero attached hydrogens (tertiary/aromatic N) is 2. The van der Waals surface area contributed by atoms with Gasteiger partial charge in [-0.05, 0) is 31.7 Å². The molecule has 0 bridgehead atoms. The van der Waals surface area contributed by atoms with E-state index in [1.165, 1.54) is 12.8 Å². The minimum Gasteiger partial charge on any atom is -0.353 e. The smallest absolute Gasteiger partial charge is 0.239 e. The van der Waals surface area contributed by atoms with Crippen LogP contribution in [0, 0.1) is 5.92 Å². The zero-order chi connectivity index (χ0) is 13.0. The van der Waals surface area contributed by atoms with E-state index in [4.69, 9.17) is 0 Å². The van der Waals surface area contributed by atoms with E-state index in [-0.39, 0.29) is 18.4 Å². The van der Waals surface area contributed by atoms with Crippen LogP contribution in [0.2, 0.25) is 0 Å². The molecule has 1 aliphatic carbocycles. The van der Waals surface area contributed by atoms with Crippen molar-refractivity contribution in [1.29, 1.82) is 0 Å². The van der Waals surface area contributed by atoms with Gasteiger partial charge < -0.3 is 10.2 Å². The molecule has 1 N–H and O–H groups in total. The Morgan fingerprint density at radius 1 is 1.50 bits per heavy atom. The highest BCUT2D eigenvalue weighted by atomic mass is 16.2. The number of piperazine rings is 1. The van der Waals surface area contributed by atoms with E-state index in [0.29, 0.717) is 19.6 Å². The first kappa shape index (κ1) is 13.3. The van der Waals surface area contributed by atoms with Crippen molar-refractivity contribution in [1.82, 2.24) is 15.1 Å². The molecule has 2 amide bonds. The van der Waals surface area contributed by atoms with Gasteiger partial charge in [0.1, 0.15) is 0 Å². The van der Waals surface area contributed by atoms with Gasteiger partial charge in [-0.3, -0.25) is 14.5 Å². The van der Waals surface area contributed by atoms with Gasteiger partial charge in [-0.2, -0.15) is 0 Å². The monoisotopic (exact) mass is 253 g/mol. The van der Waals surface area contributed by atoms with Gasteiger partial charge in [-0.25, -0.2) is 0 Å². The summed E-state index contributed by atoms with van der Waals surface area (Å²) in [4.78, 5) is 27.3. The van der Waals surface area contributed by atoms with Gasteiger partial charge in [0.05, 0.1) is 13.1 Å². The zero-order valence-electron chi connectivity index (χ0n) is 11.2. The molecule has 0 unspecified atom stereocenters. The van der Waals surface area contributed by atoms with E-state index in [2.05, 4.69) is 17.1 Å². The highest BCUT2D eigenvalue weighted by Gasteiger charge is 2.27. The molecule has 0 radical (unpaired) electrons. The van der Waals surface area contributed by atoms with Crippen LogP contribution in [0.25, 0.3) is 0 Å². The number of carbonyl (C=O) groups excluding carboxylic acids is 2. The molecule has 1 aliphatic heterocycles. The first-order valence-electron chi connectivity index (χ1n) is 6.96. The number of hydrogen-bond donors (Lipinski definition) is 1. The molecule has 5 nitrogen and oxygen atoms in total. The van der Waals surface area contributed by atoms with Crippen LogP contribution in [0.4, 0.5) is 0 Å². The van der Waals surface area contributed by atoms with Crippen molar-refractivity contribution in [2.45, 2.75) is 26.2 Å². The molecule has 1 saturated heterocycles. The Labute approximate surface area is 108 Å². The maximum absolute atomic E-state index is 12.1. The van der Waals surface area contributed by atoms with Crippen LogP contribution in [-0.4, -0.2) is 60.9 Å². The van der Waals surface area contributed by atoms with E-state index in [1.807, 2.05) is 0 Å². The molecule has 5 heteroatoms. The molecule has 0 aromatic heterocycles. The Balaban J connectivity index is 1.80. The second kappa shape index (κ2) is 6.18. The van der Waals surface area contributed by atoms with Crippen LogP contribution >= 0.6 is 0 Å². The van der Waals surface area contributed by atoms with Crippen molar-refractivity contribution < 1.29 is 9.59 Å². The average Bonchev–Trinajstić information content (AvgIpc) is 3.13. The summed E-state index contributed by atoms with van der Waals surface area (Å²) < 4.78 is 0. The standard InChI is InChI=1S/C13H23N3O2/c1-2-6-15(8-11-3-4-11)10-13(18)16-7-5-14-12(17)9-16/h11H,2-10H2,1H3,(H,14,17). The molecule has 0 atom stereocenters. The predicted octanol–water partition coefficient (Wildman–Crippen LogP) is 0.0668. The third-order valence-corrected chi connectivity index (χ3v) is 3.50. The number of amides is 2. The molecule has 1 heterocycles. The zero-order valence-corrected chi connectivity index (χ0v) is 11.2. The number of nitrogens with one attached hydrogen (secondary N) is 1. The topological polar surface area (TPSA) is 52.7 Å². The first-order chi connectivity index (χ1) is 8.69. The third-order valence-electron chi connectivity index (χ3n) is 3.50. The molecule has 2 rings (SSSR count). The van der Waals surface area contributed by atoms with Crippen LogP contribution < -0.4 is 5.32 Å². The van der Waals surface area contributed by atoms with Crippen LogP contribution in [-0.2, 0) is 9.59 Å². The van der Waals surface area contributed by atoms with Crippen molar-refractivity contribution >= 4 is 11.8 Å². The first-order valence-corrected chi connectivity index (χ1v) is 6.96. The van der Waals surface area contributed by atoms with Crippen molar-refractivity contribution in [2.75, 3.05) is 39.3 Å². The van der Waals surface area contributed by atoms with Gasteiger partial charge in [0.25, 0.3) is 0 Å². The SMILES string of the molecule is CCCN(CC(=O)N1CCNC(=O)C1)CC1CC1. The van der Waals surface area contributed by atoms with Gasteiger partial charge in [0.2, 0.25) is 11.8 Å². The maximum Gasteiger partial charge on any atom is 0.239 e. The lowest BCUT2D eigenvalue weighted by molar-refractivity contribution is -0.139. The highest BCUT2D eigenvalue weighted by molar-refractivity contribution is 5.86. The van der Waals surface area contributed by atoms with Crippen LogP contribution in [0.1, 0.15) is 26.2 Å². The molecule has 1 saturated carbocycles. The molecular formula is C13H23N3O2. The summed E-state index contributed by atoms with van der Waals surface area (Å²) in [5, 5.41) is 2.74. The van der Waals surface area contributed by atoms with E-state index in [1.54, 1.807) is 4.90 Å². The Kier molecular flexibility index (Phi) is 4.58. The van der Waals surface area contributed by atoms with E-state index < -0.39 is 0 Å². The van der Waals surface area contributed by atoms with Crippen molar-refractivity contribution in [2.24, 2.45) is 5.92 Å². The normalized spacial score (nSPS) is 20.1. The Hall–Kier alpha value is -1.10. The van der Waals surface area contributed by atoms with Crippen molar-refractivity contribution in [3.63, 3.8) is 0 Å². The number of carbonyl (C=O) groups is 2. The van der Waals surface area contributed by atoms with Crippen molar-refractivity contribution in [3.8, 4) is 0 Å². The Morgan fingerprint density at radius 3 is 2.89 bits per heavy atom. The lowest BCUT2D eigenvalue weighted by Crippen LogP contribution is -2.52. The fraction of sp³-hybridized carbons (Fsp3) is 0.846. The van der Waals surface area contributed by atoms with Gasteiger partial charge in [-0.1, -0.05) is 6.92 Å². The highest BCUT2D eigenvalue weighted by Crippen LogP contribution is 2.29. The molecule has 0 aromatic rings. The molecule has 18 heavy (non-hydrogen) atoms. The van der Waals surface area contributed by atoms with E-state index in [0.717, 1.165) is 25.4 Å². The minimum atomic E-state index is -0.0427. The predicted molar refractivity (Wildman–Crippen MR) is 69.0 cm³/mol. The number of hydrogen-bond acceptors (Lipinski definition) is 3. The molecule has 102 valence electrons. The number of rotatable bonds is 6. The molecule has 0 spiro atoms. The van der Waals surface area contributed by atoms with Gasteiger partial charge >= 0.3 is 0 Å². The average molecular weight is 253 g/mol. The lowest BCUT2D eigenvalue weighted by atomic mass is 10.3. The van der Waals surface area contributed by atoms with Crippen LogP contribution in [0.5, 0.6) is 0 Å². The summed E-state index contributed by atoms with van der Waals surface area (Å²) in [5.41, 5.74) is 0. The summed E-state index contributed by atoms with van der Waals surface area (Å²) in [6.07, 6.45) is 3.68. The Bertz CT molecular complexity index is 315. The van der Waals surface area contributed by atoms with Crippen LogP contribution in [0.3, 0.4) is 0 Å². The maximum atomic E-state index is 12.1. The molecule has 0 aromatic carbocycles. The minimum absolute atomic E-state index is 0.0427.